The highest BCUT2D eigenvalue weighted by Crippen LogP contribution is 2.26. The number of nitro benzene ring substituents is 1. The minimum Gasteiger partial charge on any atom is -0.480 e. The second kappa shape index (κ2) is 9.91. The van der Waals surface area contributed by atoms with E-state index in [-0.39, 0.29) is 30.7 Å². The van der Waals surface area contributed by atoms with E-state index < -0.39 is 10.9 Å². The molecule has 0 radical (unpaired) electrons. The normalized spacial score (nSPS) is 18.4. The Morgan fingerprint density at radius 2 is 2.16 bits per heavy atom. The van der Waals surface area contributed by atoms with E-state index in [0.29, 0.717) is 17.1 Å². The van der Waals surface area contributed by atoms with Gasteiger partial charge >= 0.3 is 5.97 Å². The largest absolute Gasteiger partial charge is 0.480 e. The fraction of sp³-hybridized carbons (Fsp3) is 0.562. The highest BCUT2D eigenvalue weighted by molar-refractivity contribution is 6.30. The monoisotopic (exact) mass is 391 g/mol. The third kappa shape index (κ3) is 6.43. The van der Waals surface area contributed by atoms with E-state index in [1.165, 1.54) is 6.07 Å². The maximum atomic E-state index is 11.2. The molecule has 1 heterocycles. The van der Waals surface area contributed by atoms with Crippen molar-refractivity contribution in [2.24, 2.45) is 0 Å². The highest BCUT2D eigenvalue weighted by Gasteiger charge is 2.23. The zero-order valence-corrected chi connectivity index (χ0v) is 15.6. The summed E-state index contributed by atoms with van der Waals surface area (Å²) in [5, 5.41) is 20.5. The molecule has 0 bridgehead atoms. The maximum Gasteiger partial charge on any atom is 0.317 e. The average molecular weight is 392 g/mol. The van der Waals surface area contributed by atoms with E-state index in [1.807, 2.05) is 11.9 Å². The van der Waals surface area contributed by atoms with Crippen molar-refractivity contribution in [3.63, 3.8) is 0 Å². The lowest BCUT2D eigenvalue weighted by Crippen LogP contribution is -2.36. The van der Waals surface area contributed by atoms with Gasteiger partial charge in [-0.1, -0.05) is 11.6 Å². The maximum absolute atomic E-state index is 11.2. The van der Waals surface area contributed by atoms with Gasteiger partial charge in [0.1, 0.15) is 0 Å². The van der Waals surface area contributed by atoms with Crippen LogP contribution in [-0.2, 0) is 11.3 Å². The molecular weight excluding hydrogens is 369 g/mol. The number of nitro groups is 1. The minimum atomic E-state index is -0.824. The molecule has 1 aliphatic rings. The van der Waals surface area contributed by atoms with Crippen LogP contribution in [0.3, 0.4) is 0 Å². The second-order valence-corrected chi connectivity index (χ2v) is 6.64. The Labute approximate surface area is 158 Å². The molecule has 25 heavy (non-hydrogen) atoms. The van der Waals surface area contributed by atoms with Crippen molar-refractivity contribution < 1.29 is 14.8 Å². The van der Waals surface area contributed by atoms with Crippen LogP contribution in [0, 0.1) is 10.1 Å². The van der Waals surface area contributed by atoms with Crippen molar-refractivity contribution in [2.45, 2.75) is 31.8 Å². The SMILES string of the molecule is CN(CC(=O)O)C1CCCN(Cc2ccc(Cl)cc2[N+](=O)[O-])CC1.Cl. The molecule has 0 aliphatic carbocycles. The van der Waals surface area contributed by atoms with Crippen molar-refractivity contribution in [3.8, 4) is 0 Å². The van der Waals surface area contributed by atoms with Gasteiger partial charge in [-0.05, 0) is 51.5 Å². The summed E-state index contributed by atoms with van der Waals surface area (Å²) in [7, 11) is 1.83. The Bertz CT molecular complexity index is 615. The van der Waals surface area contributed by atoms with Crippen LogP contribution in [0.15, 0.2) is 18.2 Å². The third-order valence-electron chi connectivity index (χ3n) is 4.44. The van der Waals surface area contributed by atoms with Crippen molar-refractivity contribution in [1.82, 2.24) is 9.80 Å². The summed E-state index contributed by atoms with van der Waals surface area (Å²) in [4.78, 5) is 25.7. The second-order valence-electron chi connectivity index (χ2n) is 6.20. The van der Waals surface area contributed by atoms with Gasteiger partial charge in [0.25, 0.3) is 5.69 Å². The van der Waals surface area contributed by atoms with E-state index in [4.69, 9.17) is 16.7 Å². The average Bonchev–Trinajstić information content (AvgIpc) is 2.74. The number of carbonyl (C=O) groups is 1. The molecular formula is C16H23Cl2N3O4. The Hall–Kier alpha value is -1.41. The number of rotatable bonds is 6. The summed E-state index contributed by atoms with van der Waals surface area (Å²) in [6.07, 6.45) is 2.73. The quantitative estimate of drug-likeness (QED) is 0.592. The van der Waals surface area contributed by atoms with Gasteiger partial charge in [-0.3, -0.25) is 24.7 Å². The molecule has 0 saturated carbocycles. The topological polar surface area (TPSA) is 86.9 Å². The Balaban J connectivity index is 0.00000312. The fourth-order valence-corrected chi connectivity index (χ4v) is 3.33. The van der Waals surface area contributed by atoms with Crippen LogP contribution in [0.2, 0.25) is 5.02 Å². The molecule has 1 saturated heterocycles. The van der Waals surface area contributed by atoms with Gasteiger partial charge in [-0.15, -0.1) is 12.4 Å². The molecule has 0 spiro atoms. The Morgan fingerprint density at radius 1 is 1.44 bits per heavy atom. The number of hydrogen-bond donors (Lipinski definition) is 1. The number of likely N-dealkylation sites (N-methyl/N-ethyl adjacent to an activating group) is 1. The number of carboxylic acids is 1. The molecule has 1 aromatic rings. The van der Waals surface area contributed by atoms with E-state index in [1.54, 1.807) is 12.1 Å². The lowest BCUT2D eigenvalue weighted by atomic mass is 10.1. The Kier molecular flexibility index (Phi) is 8.58. The van der Waals surface area contributed by atoms with E-state index in [0.717, 1.165) is 32.4 Å². The molecule has 9 heteroatoms. The van der Waals surface area contributed by atoms with Gasteiger partial charge in [0.2, 0.25) is 0 Å². The van der Waals surface area contributed by atoms with Gasteiger partial charge in [0, 0.05) is 29.2 Å². The number of halogens is 2. The molecule has 1 aromatic carbocycles. The lowest BCUT2D eigenvalue weighted by Gasteiger charge is -2.25. The van der Waals surface area contributed by atoms with E-state index in [9.17, 15) is 14.9 Å². The van der Waals surface area contributed by atoms with Crippen LogP contribution in [0.1, 0.15) is 24.8 Å². The van der Waals surface area contributed by atoms with Crippen LogP contribution in [0.25, 0.3) is 0 Å². The van der Waals surface area contributed by atoms with E-state index >= 15 is 0 Å². The first-order valence-electron chi connectivity index (χ1n) is 7.94. The molecule has 2 rings (SSSR count). The summed E-state index contributed by atoms with van der Waals surface area (Å²) in [6.45, 7) is 2.17. The predicted molar refractivity (Wildman–Crippen MR) is 98.5 cm³/mol. The number of carboxylic acid groups (broad SMARTS) is 1. The molecule has 1 aliphatic heterocycles. The van der Waals surface area contributed by atoms with Gasteiger partial charge in [-0.2, -0.15) is 0 Å². The summed E-state index contributed by atoms with van der Waals surface area (Å²) < 4.78 is 0. The molecule has 1 atom stereocenters. The zero-order valence-electron chi connectivity index (χ0n) is 14.1. The number of hydrogen-bond acceptors (Lipinski definition) is 5. The van der Waals surface area contributed by atoms with Crippen molar-refractivity contribution in [1.29, 1.82) is 0 Å². The summed E-state index contributed by atoms with van der Waals surface area (Å²) in [5.41, 5.74) is 0.702. The molecule has 1 N–H and O–H groups in total. The molecule has 140 valence electrons. The van der Waals surface area contributed by atoms with Crippen molar-refractivity contribution in [3.05, 3.63) is 38.9 Å². The number of benzene rings is 1. The Morgan fingerprint density at radius 3 is 2.80 bits per heavy atom. The number of nitrogens with zero attached hydrogens (tertiary/aromatic N) is 3. The van der Waals surface area contributed by atoms with Gasteiger partial charge in [-0.25, -0.2) is 0 Å². The first-order chi connectivity index (χ1) is 11.4. The van der Waals surface area contributed by atoms with Gasteiger partial charge in [0.05, 0.1) is 11.5 Å². The number of likely N-dealkylation sites (tertiary alicyclic amines) is 1. The number of aliphatic carboxylic acids is 1. The third-order valence-corrected chi connectivity index (χ3v) is 4.67. The molecule has 1 fully saturated rings. The van der Waals surface area contributed by atoms with Crippen LogP contribution in [0.5, 0.6) is 0 Å². The molecule has 0 amide bonds. The fourth-order valence-electron chi connectivity index (χ4n) is 3.16. The van der Waals surface area contributed by atoms with Crippen LogP contribution >= 0.6 is 24.0 Å². The predicted octanol–water partition coefficient (Wildman–Crippen LogP) is 3.04. The minimum absolute atomic E-state index is 0. The smallest absolute Gasteiger partial charge is 0.317 e. The van der Waals surface area contributed by atoms with E-state index in [2.05, 4.69) is 4.90 Å². The standard InChI is InChI=1S/C16H22ClN3O4.ClH/c1-18(11-16(21)22)14-3-2-7-19(8-6-14)10-12-4-5-13(17)9-15(12)20(23)24;/h4-5,9,14H,2-3,6-8,10-11H2,1H3,(H,21,22);1H. The summed E-state index contributed by atoms with van der Waals surface area (Å²) >= 11 is 5.85. The lowest BCUT2D eigenvalue weighted by molar-refractivity contribution is -0.385. The molecule has 1 unspecified atom stereocenters. The van der Waals surface area contributed by atoms with Crippen LogP contribution < -0.4 is 0 Å². The van der Waals surface area contributed by atoms with Crippen molar-refractivity contribution >= 4 is 35.7 Å². The molecule has 7 nitrogen and oxygen atoms in total. The van der Waals surface area contributed by atoms with Crippen molar-refractivity contribution in [2.75, 3.05) is 26.7 Å². The summed E-state index contributed by atoms with van der Waals surface area (Å²) in [5.74, 6) is -0.824. The van der Waals surface area contributed by atoms with Gasteiger partial charge in [0.15, 0.2) is 0 Å². The summed E-state index contributed by atoms with van der Waals surface area (Å²) in [6, 6.07) is 4.99. The highest BCUT2D eigenvalue weighted by atomic mass is 35.5. The van der Waals surface area contributed by atoms with Crippen LogP contribution in [-0.4, -0.2) is 58.5 Å². The van der Waals surface area contributed by atoms with Crippen LogP contribution in [0.4, 0.5) is 5.69 Å². The molecule has 0 aromatic heterocycles. The first-order valence-corrected chi connectivity index (χ1v) is 8.32. The zero-order chi connectivity index (χ0) is 17.7. The first kappa shape index (κ1) is 21.6. The van der Waals surface area contributed by atoms with Gasteiger partial charge < -0.3 is 5.11 Å².